The van der Waals surface area contributed by atoms with Gasteiger partial charge >= 0.3 is 0 Å². The molecule has 1 rings (SSSR count). The lowest BCUT2D eigenvalue weighted by molar-refractivity contribution is 0.280. The van der Waals surface area contributed by atoms with Crippen LogP contribution >= 0.6 is 8.53 Å². The molecule has 1 saturated heterocycles. The molecule has 0 amide bonds. The maximum Gasteiger partial charge on any atom is 0.258 e. The molecule has 3 nitrogen and oxygen atoms in total. The van der Waals surface area contributed by atoms with E-state index in [1.165, 1.54) is 0 Å². The number of likely N-dealkylation sites (N-methyl/N-ethyl adjacent to an activating group) is 1. The van der Waals surface area contributed by atoms with Crippen molar-refractivity contribution >= 4 is 8.53 Å². The first-order chi connectivity index (χ1) is 4.88. The molecule has 1 aliphatic rings. The predicted molar refractivity (Wildman–Crippen MR) is 41.7 cm³/mol. The van der Waals surface area contributed by atoms with E-state index < -0.39 is 8.53 Å². The minimum atomic E-state index is -0.675. The van der Waals surface area contributed by atoms with E-state index >= 15 is 0 Å². The Morgan fingerprint density at radius 3 is 3.00 bits per heavy atom. The summed E-state index contributed by atoms with van der Waals surface area (Å²) in [5.74, 6) is 0. The first-order valence-corrected chi connectivity index (χ1v) is 4.82. The van der Waals surface area contributed by atoms with Crippen LogP contribution < -0.4 is 0 Å². The Morgan fingerprint density at radius 1 is 1.60 bits per heavy atom. The molecule has 0 saturated carbocycles. The first kappa shape index (κ1) is 8.41. The molecule has 0 aromatic carbocycles. The quantitative estimate of drug-likeness (QED) is 0.590. The maximum absolute atomic E-state index is 5.37. The van der Waals surface area contributed by atoms with Gasteiger partial charge in [-0.15, -0.1) is 0 Å². The average molecular weight is 163 g/mol. The Hall–Kier alpha value is 0.310. The third-order valence-electron chi connectivity index (χ3n) is 1.39. The monoisotopic (exact) mass is 163 g/mol. The summed E-state index contributed by atoms with van der Waals surface area (Å²) < 4.78 is 13.0. The molecule has 0 bridgehead atoms. The van der Waals surface area contributed by atoms with Crippen LogP contribution in [-0.2, 0) is 9.05 Å². The Labute approximate surface area is 63.3 Å². The van der Waals surface area contributed by atoms with Gasteiger partial charge in [-0.05, 0) is 6.92 Å². The summed E-state index contributed by atoms with van der Waals surface area (Å²) >= 11 is 0. The van der Waals surface area contributed by atoms with Gasteiger partial charge in [0.15, 0.2) is 0 Å². The largest absolute Gasteiger partial charge is 0.322 e. The molecule has 1 atom stereocenters. The van der Waals surface area contributed by atoms with E-state index in [4.69, 9.17) is 9.05 Å². The molecule has 0 N–H and O–H groups in total. The molecular formula is C6H14NO2P. The van der Waals surface area contributed by atoms with Crippen molar-refractivity contribution in [2.75, 3.05) is 26.3 Å². The maximum atomic E-state index is 5.37. The lowest BCUT2D eigenvalue weighted by atomic mass is 10.6. The molecule has 1 heterocycles. The number of hydrogen-bond acceptors (Lipinski definition) is 3. The van der Waals surface area contributed by atoms with Crippen LogP contribution in [0.4, 0.5) is 0 Å². The van der Waals surface area contributed by atoms with Crippen LogP contribution in [0.5, 0.6) is 0 Å². The van der Waals surface area contributed by atoms with Crippen molar-refractivity contribution in [2.45, 2.75) is 13.8 Å². The third kappa shape index (κ3) is 1.89. The normalized spacial score (nSPS) is 27.6. The van der Waals surface area contributed by atoms with Crippen molar-refractivity contribution in [3.63, 3.8) is 0 Å². The molecule has 10 heavy (non-hydrogen) atoms. The number of hydrogen-bond donors (Lipinski definition) is 0. The minimum Gasteiger partial charge on any atom is -0.322 e. The fourth-order valence-corrected chi connectivity index (χ4v) is 2.23. The summed E-state index contributed by atoms with van der Waals surface area (Å²) in [5.41, 5.74) is 0. The lowest BCUT2D eigenvalue weighted by Crippen LogP contribution is -2.14. The molecule has 4 heteroatoms. The van der Waals surface area contributed by atoms with Crippen LogP contribution in [0.3, 0.4) is 0 Å². The van der Waals surface area contributed by atoms with E-state index in [-0.39, 0.29) is 0 Å². The fourth-order valence-electron chi connectivity index (χ4n) is 0.891. The summed E-state index contributed by atoms with van der Waals surface area (Å²) in [4.78, 5) is 0. The third-order valence-corrected chi connectivity index (χ3v) is 3.21. The van der Waals surface area contributed by atoms with Crippen molar-refractivity contribution in [2.24, 2.45) is 0 Å². The van der Waals surface area contributed by atoms with Gasteiger partial charge in [0.05, 0.1) is 13.2 Å². The van der Waals surface area contributed by atoms with E-state index in [0.29, 0.717) is 0 Å². The molecule has 1 fully saturated rings. The van der Waals surface area contributed by atoms with Gasteiger partial charge in [-0.3, -0.25) is 0 Å². The van der Waals surface area contributed by atoms with Crippen molar-refractivity contribution in [1.29, 1.82) is 0 Å². The number of nitrogens with zero attached hydrogens (tertiary/aromatic N) is 1. The molecular weight excluding hydrogens is 149 g/mol. The molecule has 0 aromatic heterocycles. The Morgan fingerprint density at radius 2 is 2.40 bits per heavy atom. The molecule has 60 valence electrons. The van der Waals surface area contributed by atoms with Crippen LogP contribution in [-0.4, -0.2) is 31.0 Å². The second-order valence-electron chi connectivity index (χ2n) is 2.04. The van der Waals surface area contributed by atoms with E-state index in [1.54, 1.807) is 0 Å². The van der Waals surface area contributed by atoms with Gasteiger partial charge in [-0.25, -0.2) is 4.67 Å². The SMILES string of the molecule is CCOP1OCCN1CC. The van der Waals surface area contributed by atoms with Crippen molar-refractivity contribution in [1.82, 2.24) is 4.67 Å². The van der Waals surface area contributed by atoms with Crippen LogP contribution in [0.25, 0.3) is 0 Å². The molecule has 1 aliphatic heterocycles. The number of rotatable bonds is 3. The van der Waals surface area contributed by atoms with Gasteiger partial charge in [0.25, 0.3) is 8.53 Å². The average Bonchev–Trinajstić information content (AvgIpc) is 2.36. The van der Waals surface area contributed by atoms with Crippen LogP contribution in [0.2, 0.25) is 0 Å². The zero-order chi connectivity index (χ0) is 7.40. The van der Waals surface area contributed by atoms with E-state index in [0.717, 1.165) is 26.3 Å². The highest BCUT2D eigenvalue weighted by molar-refractivity contribution is 7.44. The van der Waals surface area contributed by atoms with Gasteiger partial charge in [-0.2, -0.15) is 0 Å². The van der Waals surface area contributed by atoms with Gasteiger partial charge in [0, 0.05) is 13.1 Å². The molecule has 0 radical (unpaired) electrons. The first-order valence-electron chi connectivity index (χ1n) is 3.69. The van der Waals surface area contributed by atoms with Crippen molar-refractivity contribution in [3.05, 3.63) is 0 Å². The van der Waals surface area contributed by atoms with Crippen LogP contribution in [0.15, 0.2) is 0 Å². The summed E-state index contributed by atoms with van der Waals surface area (Å²) in [6.45, 7) is 7.77. The van der Waals surface area contributed by atoms with Crippen molar-refractivity contribution < 1.29 is 9.05 Å². The topological polar surface area (TPSA) is 21.7 Å². The second-order valence-corrected chi connectivity index (χ2v) is 3.59. The molecule has 0 spiro atoms. The van der Waals surface area contributed by atoms with E-state index in [2.05, 4.69) is 11.6 Å². The summed E-state index contributed by atoms with van der Waals surface area (Å²) in [7, 11) is -0.675. The van der Waals surface area contributed by atoms with Gasteiger partial charge in [-0.1, -0.05) is 6.92 Å². The fraction of sp³-hybridized carbons (Fsp3) is 1.00. The lowest BCUT2D eigenvalue weighted by Gasteiger charge is -2.17. The van der Waals surface area contributed by atoms with Gasteiger partial charge in [0.1, 0.15) is 0 Å². The highest BCUT2D eigenvalue weighted by Gasteiger charge is 2.25. The summed E-state index contributed by atoms with van der Waals surface area (Å²) in [5, 5.41) is 0. The Balaban J connectivity index is 2.27. The zero-order valence-electron chi connectivity index (χ0n) is 6.54. The van der Waals surface area contributed by atoms with Gasteiger partial charge in [0.2, 0.25) is 0 Å². The zero-order valence-corrected chi connectivity index (χ0v) is 7.43. The predicted octanol–water partition coefficient (Wildman–Crippen LogP) is 1.60. The van der Waals surface area contributed by atoms with Gasteiger partial charge < -0.3 is 9.05 Å². The van der Waals surface area contributed by atoms with E-state index in [1.807, 2.05) is 6.92 Å². The molecule has 0 aromatic rings. The van der Waals surface area contributed by atoms with E-state index in [9.17, 15) is 0 Å². The van der Waals surface area contributed by atoms with Crippen molar-refractivity contribution in [3.8, 4) is 0 Å². The minimum absolute atomic E-state index is 0.675. The van der Waals surface area contributed by atoms with Crippen LogP contribution in [0, 0.1) is 0 Å². The summed E-state index contributed by atoms with van der Waals surface area (Å²) in [6, 6.07) is 0. The molecule has 0 aliphatic carbocycles. The Bertz CT molecular complexity index is 102. The highest BCUT2D eigenvalue weighted by atomic mass is 31.2. The summed E-state index contributed by atoms with van der Waals surface area (Å²) in [6.07, 6.45) is 0. The Kier molecular flexibility index (Phi) is 3.57. The van der Waals surface area contributed by atoms with Crippen LogP contribution in [0.1, 0.15) is 13.8 Å². The molecule has 1 unspecified atom stereocenters. The standard InChI is InChI=1S/C6H14NO2P/c1-3-7-5-6-9-10(7)8-4-2/h3-6H2,1-2H3. The highest BCUT2D eigenvalue weighted by Crippen LogP contribution is 2.45. The second kappa shape index (κ2) is 4.24. The smallest absolute Gasteiger partial charge is 0.258 e.